The normalized spacial score (nSPS) is 24.1. The lowest BCUT2D eigenvalue weighted by atomic mass is 9.96. The van der Waals surface area contributed by atoms with Crippen molar-refractivity contribution in [3.63, 3.8) is 0 Å². The molecule has 3 heteroatoms. The van der Waals surface area contributed by atoms with Gasteiger partial charge in [0.05, 0.1) is 5.56 Å². The Balaban J connectivity index is 0.00000108. The van der Waals surface area contributed by atoms with Crippen molar-refractivity contribution >= 4 is 12.4 Å². The number of hydrogen-bond donors (Lipinski definition) is 1. The molecule has 0 radical (unpaired) electrons. The van der Waals surface area contributed by atoms with Crippen LogP contribution in [0.4, 0.5) is 0 Å². The minimum Gasteiger partial charge on any atom is -0.316 e. The van der Waals surface area contributed by atoms with Gasteiger partial charge in [-0.2, -0.15) is 5.26 Å². The quantitative estimate of drug-likeness (QED) is 0.710. The van der Waals surface area contributed by atoms with Crippen molar-refractivity contribution in [1.82, 2.24) is 5.32 Å². The Labute approximate surface area is 107 Å². The summed E-state index contributed by atoms with van der Waals surface area (Å²) in [7, 11) is 0. The molecule has 1 saturated heterocycles. The van der Waals surface area contributed by atoms with E-state index in [0.29, 0.717) is 17.4 Å². The van der Waals surface area contributed by atoms with Crippen LogP contribution in [0.2, 0.25) is 0 Å². The van der Waals surface area contributed by atoms with Crippen LogP contribution in [0.15, 0.2) is 12.1 Å². The Morgan fingerprint density at radius 1 is 1.18 bits per heavy atom. The van der Waals surface area contributed by atoms with Crippen LogP contribution >= 0.6 is 12.4 Å². The summed E-state index contributed by atoms with van der Waals surface area (Å²) in [6, 6.07) is 6.24. The maximum Gasteiger partial charge on any atom is 0.100 e. The molecule has 1 aromatic carbocycles. The highest BCUT2D eigenvalue weighted by molar-refractivity contribution is 5.85. The van der Waals surface area contributed by atoms with Gasteiger partial charge in [-0.1, -0.05) is 5.92 Å². The Morgan fingerprint density at radius 2 is 1.76 bits per heavy atom. The molecule has 2 nitrogen and oxygen atoms in total. The number of rotatable bonds is 0. The van der Waals surface area contributed by atoms with Gasteiger partial charge in [0.1, 0.15) is 6.07 Å². The van der Waals surface area contributed by atoms with E-state index in [1.54, 1.807) is 0 Å². The molecule has 0 amide bonds. The number of benzene rings is 1. The average molecular weight is 245 g/mol. The van der Waals surface area contributed by atoms with E-state index >= 15 is 0 Å². The monoisotopic (exact) mass is 244 g/mol. The highest BCUT2D eigenvalue weighted by Crippen LogP contribution is 2.44. The molecule has 1 aliphatic heterocycles. The molecule has 1 aromatic rings. The number of piperidine rings is 1. The SMILES string of the molecule is C#Cc1cc2c(cc1C#N)C1CNCC2C1.Cl. The van der Waals surface area contributed by atoms with Crippen molar-refractivity contribution in [3.05, 3.63) is 34.4 Å². The third kappa shape index (κ3) is 1.71. The van der Waals surface area contributed by atoms with Gasteiger partial charge in [-0.15, -0.1) is 18.8 Å². The van der Waals surface area contributed by atoms with Crippen LogP contribution in [0, 0.1) is 23.7 Å². The van der Waals surface area contributed by atoms with Crippen LogP contribution in [-0.2, 0) is 0 Å². The number of hydrogen-bond acceptors (Lipinski definition) is 2. The summed E-state index contributed by atoms with van der Waals surface area (Å²) < 4.78 is 0. The fourth-order valence-electron chi connectivity index (χ4n) is 2.97. The topological polar surface area (TPSA) is 35.8 Å². The molecular weight excluding hydrogens is 232 g/mol. The average Bonchev–Trinajstić information content (AvgIpc) is 2.59. The number of fused-ring (bicyclic) bond motifs is 5. The number of terminal acetylenes is 1. The summed E-state index contributed by atoms with van der Waals surface area (Å²) in [6.45, 7) is 2.07. The molecular formula is C14H13ClN2. The van der Waals surface area contributed by atoms with Crippen LogP contribution in [0.1, 0.15) is 40.5 Å². The molecule has 1 N–H and O–H groups in total. The summed E-state index contributed by atoms with van der Waals surface area (Å²) in [5, 5.41) is 12.5. The van der Waals surface area contributed by atoms with Crippen LogP contribution < -0.4 is 5.32 Å². The van der Waals surface area contributed by atoms with Gasteiger partial charge < -0.3 is 5.32 Å². The second kappa shape index (κ2) is 4.41. The van der Waals surface area contributed by atoms with E-state index in [2.05, 4.69) is 17.3 Å². The van der Waals surface area contributed by atoms with Gasteiger partial charge in [-0.05, 0) is 41.5 Å². The van der Waals surface area contributed by atoms with Gasteiger partial charge in [0.2, 0.25) is 0 Å². The largest absolute Gasteiger partial charge is 0.316 e. The summed E-state index contributed by atoms with van der Waals surface area (Å²) in [5.74, 6) is 3.78. The molecule has 0 aromatic heterocycles. The number of halogens is 1. The third-order valence-electron chi connectivity index (χ3n) is 3.73. The molecule has 2 aliphatic rings. The van der Waals surface area contributed by atoms with Gasteiger partial charge >= 0.3 is 0 Å². The van der Waals surface area contributed by atoms with Crippen molar-refractivity contribution < 1.29 is 0 Å². The molecule has 0 spiro atoms. The van der Waals surface area contributed by atoms with Gasteiger partial charge in [0, 0.05) is 18.7 Å². The Morgan fingerprint density at radius 3 is 2.29 bits per heavy atom. The second-order valence-electron chi connectivity index (χ2n) is 4.57. The van der Waals surface area contributed by atoms with Gasteiger partial charge in [0.25, 0.3) is 0 Å². The van der Waals surface area contributed by atoms with E-state index in [9.17, 15) is 0 Å². The lowest BCUT2D eigenvalue weighted by molar-refractivity contribution is 0.454. The van der Waals surface area contributed by atoms with E-state index in [0.717, 1.165) is 18.7 Å². The Bertz CT molecular complexity index is 489. The van der Waals surface area contributed by atoms with Crippen molar-refractivity contribution in [2.24, 2.45) is 0 Å². The summed E-state index contributed by atoms with van der Waals surface area (Å²) in [4.78, 5) is 0. The first-order valence-corrected chi connectivity index (χ1v) is 5.58. The van der Waals surface area contributed by atoms with Gasteiger partial charge in [-0.25, -0.2) is 0 Å². The molecule has 1 aliphatic carbocycles. The Kier molecular flexibility index (Phi) is 3.11. The Hall–Kier alpha value is -1.48. The zero-order valence-electron chi connectivity index (χ0n) is 9.36. The molecule has 17 heavy (non-hydrogen) atoms. The van der Waals surface area contributed by atoms with E-state index in [-0.39, 0.29) is 12.4 Å². The number of nitrogens with zero attached hydrogens (tertiary/aromatic N) is 1. The van der Waals surface area contributed by atoms with Crippen LogP contribution in [0.25, 0.3) is 0 Å². The minimum absolute atomic E-state index is 0. The lowest BCUT2D eigenvalue weighted by Gasteiger charge is -2.19. The minimum atomic E-state index is 0. The van der Waals surface area contributed by atoms with Crippen molar-refractivity contribution in [2.75, 3.05) is 13.1 Å². The number of nitrogens with one attached hydrogen (secondary N) is 1. The highest BCUT2D eigenvalue weighted by atomic mass is 35.5. The van der Waals surface area contributed by atoms with Crippen LogP contribution in [-0.4, -0.2) is 13.1 Å². The van der Waals surface area contributed by atoms with Crippen molar-refractivity contribution in [2.45, 2.75) is 18.3 Å². The summed E-state index contributed by atoms with van der Waals surface area (Å²) >= 11 is 0. The standard InChI is InChI=1S/C14H12N2.ClH/c1-2-9-4-13-11-3-12(8-16-7-11)14(13)5-10(9)6-15;/h1,4-5,11-12,16H,3,7-8H2;1H. The van der Waals surface area contributed by atoms with E-state index in [4.69, 9.17) is 11.7 Å². The third-order valence-corrected chi connectivity index (χ3v) is 3.73. The van der Waals surface area contributed by atoms with Gasteiger partial charge in [-0.3, -0.25) is 0 Å². The van der Waals surface area contributed by atoms with Crippen LogP contribution in [0.3, 0.4) is 0 Å². The maximum absolute atomic E-state index is 9.06. The lowest BCUT2D eigenvalue weighted by Crippen LogP contribution is -2.28. The number of nitriles is 1. The molecule has 2 atom stereocenters. The molecule has 1 fully saturated rings. The van der Waals surface area contributed by atoms with Crippen LogP contribution in [0.5, 0.6) is 0 Å². The van der Waals surface area contributed by atoms with Crippen molar-refractivity contribution in [1.29, 1.82) is 5.26 Å². The first kappa shape index (κ1) is 12.0. The predicted molar refractivity (Wildman–Crippen MR) is 69.3 cm³/mol. The maximum atomic E-state index is 9.06. The molecule has 2 bridgehead atoms. The summed E-state index contributed by atoms with van der Waals surface area (Å²) in [6.07, 6.45) is 6.65. The predicted octanol–water partition coefficient (Wildman–Crippen LogP) is 2.14. The molecule has 3 rings (SSSR count). The smallest absolute Gasteiger partial charge is 0.100 e. The van der Waals surface area contributed by atoms with E-state index < -0.39 is 0 Å². The second-order valence-corrected chi connectivity index (χ2v) is 4.57. The summed E-state index contributed by atoms with van der Waals surface area (Å²) in [5.41, 5.74) is 4.09. The molecule has 86 valence electrons. The van der Waals surface area contributed by atoms with Gasteiger partial charge in [0.15, 0.2) is 0 Å². The molecule has 0 saturated carbocycles. The first-order chi connectivity index (χ1) is 7.83. The fourth-order valence-corrected chi connectivity index (χ4v) is 2.97. The zero-order valence-corrected chi connectivity index (χ0v) is 10.2. The fraction of sp³-hybridized carbons (Fsp3) is 0.357. The highest BCUT2D eigenvalue weighted by Gasteiger charge is 2.34. The van der Waals surface area contributed by atoms with E-state index in [1.807, 2.05) is 12.1 Å². The molecule has 2 unspecified atom stereocenters. The molecule has 1 heterocycles. The van der Waals surface area contributed by atoms with E-state index in [1.165, 1.54) is 17.5 Å². The zero-order chi connectivity index (χ0) is 11.1. The van der Waals surface area contributed by atoms with Crippen molar-refractivity contribution in [3.8, 4) is 18.4 Å². The first-order valence-electron chi connectivity index (χ1n) is 5.58.